The Kier molecular flexibility index (Phi) is 6.58. The van der Waals surface area contributed by atoms with E-state index in [1.54, 1.807) is 0 Å². The van der Waals surface area contributed by atoms with Crippen LogP contribution in [-0.4, -0.2) is 43.0 Å². The normalized spacial score (nSPS) is 22.5. The number of carbonyl (C=O) groups excluding carboxylic acids is 2. The molecule has 1 atom stereocenters. The van der Waals surface area contributed by atoms with Crippen LogP contribution in [0.5, 0.6) is 0 Å². The van der Waals surface area contributed by atoms with E-state index in [4.69, 9.17) is 4.74 Å². The summed E-state index contributed by atoms with van der Waals surface area (Å²) in [6.45, 7) is 6.37. The number of hydrogen-bond acceptors (Lipinski definition) is 3. The van der Waals surface area contributed by atoms with Gasteiger partial charge >= 0.3 is 0 Å². The summed E-state index contributed by atoms with van der Waals surface area (Å²) in [6, 6.07) is 8.16. The van der Waals surface area contributed by atoms with Crippen molar-refractivity contribution in [2.45, 2.75) is 45.1 Å². The first-order valence-corrected chi connectivity index (χ1v) is 10.7. The van der Waals surface area contributed by atoms with Crippen molar-refractivity contribution in [1.82, 2.24) is 10.2 Å². The Morgan fingerprint density at radius 1 is 1.30 bits per heavy atom. The highest BCUT2D eigenvalue weighted by atomic mass is 79.9. The van der Waals surface area contributed by atoms with Gasteiger partial charge in [0.1, 0.15) is 0 Å². The fraction of sp³-hybridized carbons (Fsp3) is 0.619. The van der Waals surface area contributed by atoms with E-state index >= 15 is 0 Å². The highest BCUT2D eigenvalue weighted by Crippen LogP contribution is 2.34. The molecule has 1 aromatic carbocycles. The summed E-state index contributed by atoms with van der Waals surface area (Å²) in [7, 11) is 0. The quantitative estimate of drug-likeness (QED) is 0.785. The fourth-order valence-electron chi connectivity index (χ4n) is 4.09. The molecule has 0 unspecified atom stereocenters. The van der Waals surface area contributed by atoms with E-state index in [1.807, 2.05) is 30.9 Å². The third kappa shape index (κ3) is 4.72. The number of rotatable bonds is 4. The summed E-state index contributed by atoms with van der Waals surface area (Å²) in [5.41, 5.74) is 0.711. The van der Waals surface area contributed by atoms with Crippen LogP contribution >= 0.6 is 15.9 Å². The Morgan fingerprint density at radius 3 is 2.70 bits per heavy atom. The molecular formula is C21H29BrN2O3. The average molecular weight is 437 g/mol. The molecule has 0 aliphatic carbocycles. The number of likely N-dealkylation sites (tertiary alicyclic amines) is 1. The monoisotopic (exact) mass is 436 g/mol. The maximum absolute atomic E-state index is 13.2. The van der Waals surface area contributed by atoms with Crippen LogP contribution in [0.4, 0.5) is 0 Å². The topological polar surface area (TPSA) is 58.6 Å². The smallest absolute Gasteiger partial charge is 0.225 e. The van der Waals surface area contributed by atoms with Crippen LogP contribution in [0.2, 0.25) is 0 Å². The van der Waals surface area contributed by atoms with E-state index in [0.29, 0.717) is 19.8 Å². The summed E-state index contributed by atoms with van der Waals surface area (Å²) in [5, 5.41) is 3.36. The number of nitrogens with one attached hydrogen (secondary N) is 1. The number of carbonyl (C=O) groups is 2. The highest BCUT2D eigenvalue weighted by molar-refractivity contribution is 9.10. The van der Waals surface area contributed by atoms with Crippen LogP contribution in [0.1, 0.15) is 45.1 Å². The molecule has 0 spiro atoms. The third-order valence-electron chi connectivity index (χ3n) is 5.68. The van der Waals surface area contributed by atoms with Crippen molar-refractivity contribution in [2.75, 3.05) is 26.3 Å². The predicted molar refractivity (Wildman–Crippen MR) is 108 cm³/mol. The van der Waals surface area contributed by atoms with Crippen LogP contribution in [-0.2, 0) is 19.9 Å². The minimum absolute atomic E-state index is 0.0321. The first-order valence-electron chi connectivity index (χ1n) is 9.86. The molecule has 3 rings (SSSR count). The maximum atomic E-state index is 13.2. The zero-order chi connectivity index (χ0) is 19.4. The number of hydrogen-bond donors (Lipinski definition) is 1. The molecule has 0 aromatic heterocycles. The van der Waals surface area contributed by atoms with Gasteiger partial charge in [-0.25, -0.2) is 0 Å². The SMILES string of the molecule is CC(C)C(=O)N1CCC[C@@H](C(=O)NC2(c3cccc(Br)c3)CCOCC2)C1. The van der Waals surface area contributed by atoms with E-state index in [1.165, 1.54) is 0 Å². The number of nitrogens with zero attached hydrogens (tertiary/aromatic N) is 1. The molecule has 2 fully saturated rings. The molecule has 0 radical (unpaired) electrons. The van der Waals surface area contributed by atoms with Gasteiger partial charge in [-0.3, -0.25) is 9.59 Å². The van der Waals surface area contributed by atoms with Crippen molar-refractivity contribution in [3.8, 4) is 0 Å². The summed E-state index contributed by atoms with van der Waals surface area (Å²) in [6.07, 6.45) is 3.23. The molecule has 27 heavy (non-hydrogen) atoms. The van der Waals surface area contributed by atoms with E-state index < -0.39 is 5.54 Å². The fourth-order valence-corrected chi connectivity index (χ4v) is 4.49. The first-order chi connectivity index (χ1) is 12.9. The van der Waals surface area contributed by atoms with E-state index in [2.05, 4.69) is 33.4 Å². The van der Waals surface area contributed by atoms with E-state index in [9.17, 15) is 9.59 Å². The molecule has 2 aliphatic heterocycles. The first kappa shape index (κ1) is 20.3. The van der Waals surface area contributed by atoms with E-state index in [-0.39, 0.29) is 23.7 Å². The number of piperidine rings is 1. The molecule has 2 aliphatic rings. The van der Waals surface area contributed by atoms with Crippen LogP contribution < -0.4 is 5.32 Å². The van der Waals surface area contributed by atoms with Crippen molar-refractivity contribution < 1.29 is 14.3 Å². The van der Waals surface area contributed by atoms with Gasteiger partial charge in [-0.1, -0.05) is 41.9 Å². The Balaban J connectivity index is 1.76. The maximum Gasteiger partial charge on any atom is 0.225 e. The summed E-state index contributed by atoms with van der Waals surface area (Å²) >= 11 is 3.54. The average Bonchev–Trinajstić information content (AvgIpc) is 2.68. The number of benzene rings is 1. The molecular weight excluding hydrogens is 408 g/mol. The Labute approximate surface area is 170 Å². The molecule has 1 aromatic rings. The Bertz CT molecular complexity index is 686. The second-order valence-corrected chi connectivity index (χ2v) is 8.89. The minimum Gasteiger partial charge on any atom is -0.381 e. The lowest BCUT2D eigenvalue weighted by Crippen LogP contribution is -2.54. The lowest BCUT2D eigenvalue weighted by Gasteiger charge is -2.41. The number of halogens is 1. The number of amides is 2. The zero-order valence-corrected chi connectivity index (χ0v) is 17.8. The van der Waals surface area contributed by atoms with Gasteiger partial charge in [0.2, 0.25) is 11.8 Å². The molecule has 2 saturated heterocycles. The predicted octanol–water partition coefficient (Wildman–Crippen LogP) is 3.47. The number of ether oxygens (including phenoxy) is 1. The van der Waals surface area contributed by atoms with Gasteiger partial charge in [0.25, 0.3) is 0 Å². The lowest BCUT2D eigenvalue weighted by atomic mass is 9.81. The second kappa shape index (κ2) is 8.74. The van der Waals surface area contributed by atoms with Crippen LogP contribution in [0.15, 0.2) is 28.7 Å². The van der Waals surface area contributed by atoms with Gasteiger partial charge in [0, 0.05) is 36.7 Å². The molecule has 1 N–H and O–H groups in total. The van der Waals surface area contributed by atoms with Crippen molar-refractivity contribution in [2.24, 2.45) is 11.8 Å². The van der Waals surface area contributed by atoms with Crippen molar-refractivity contribution in [1.29, 1.82) is 0 Å². The van der Waals surface area contributed by atoms with Crippen LogP contribution in [0, 0.1) is 11.8 Å². The van der Waals surface area contributed by atoms with Gasteiger partial charge in [-0.2, -0.15) is 0 Å². The van der Waals surface area contributed by atoms with Crippen LogP contribution in [0.25, 0.3) is 0 Å². The summed E-state index contributed by atoms with van der Waals surface area (Å²) in [5.74, 6) is 0.0158. The lowest BCUT2D eigenvalue weighted by molar-refractivity contribution is -0.139. The van der Waals surface area contributed by atoms with Crippen molar-refractivity contribution in [3.63, 3.8) is 0 Å². The van der Waals surface area contributed by atoms with Gasteiger partial charge in [0.05, 0.1) is 11.5 Å². The standard InChI is InChI=1S/C21H29BrN2O3/c1-15(2)20(26)24-10-4-5-16(14-24)19(25)23-21(8-11-27-12-9-21)17-6-3-7-18(22)13-17/h3,6-7,13,15-16H,4-5,8-12,14H2,1-2H3,(H,23,25)/t16-/m1/s1. The summed E-state index contributed by atoms with van der Waals surface area (Å²) < 4.78 is 6.57. The van der Waals surface area contributed by atoms with Gasteiger partial charge in [0.15, 0.2) is 0 Å². The molecule has 5 nitrogen and oxygen atoms in total. The summed E-state index contributed by atoms with van der Waals surface area (Å²) in [4.78, 5) is 27.4. The third-order valence-corrected chi connectivity index (χ3v) is 6.18. The van der Waals surface area contributed by atoms with Gasteiger partial charge < -0.3 is 15.0 Å². The molecule has 6 heteroatoms. The molecule has 2 heterocycles. The second-order valence-electron chi connectivity index (χ2n) is 7.97. The van der Waals surface area contributed by atoms with Crippen molar-refractivity contribution in [3.05, 3.63) is 34.3 Å². The molecule has 0 saturated carbocycles. The Morgan fingerprint density at radius 2 is 2.04 bits per heavy atom. The van der Waals surface area contributed by atoms with Crippen molar-refractivity contribution >= 4 is 27.7 Å². The zero-order valence-electron chi connectivity index (χ0n) is 16.2. The molecule has 0 bridgehead atoms. The van der Waals surface area contributed by atoms with Gasteiger partial charge in [-0.05, 0) is 43.4 Å². The molecule has 2 amide bonds. The van der Waals surface area contributed by atoms with Gasteiger partial charge in [-0.15, -0.1) is 0 Å². The van der Waals surface area contributed by atoms with E-state index in [0.717, 1.165) is 42.3 Å². The largest absolute Gasteiger partial charge is 0.381 e. The Hall–Kier alpha value is -1.40. The van der Waals surface area contributed by atoms with Crippen LogP contribution in [0.3, 0.4) is 0 Å². The highest BCUT2D eigenvalue weighted by Gasteiger charge is 2.39. The minimum atomic E-state index is -0.399. The molecule has 148 valence electrons.